The van der Waals surface area contributed by atoms with Crippen LogP contribution in [0.5, 0.6) is 0 Å². The van der Waals surface area contributed by atoms with Gasteiger partial charge in [-0.3, -0.25) is 9.69 Å². The van der Waals surface area contributed by atoms with Crippen molar-refractivity contribution in [1.29, 1.82) is 0 Å². The summed E-state index contributed by atoms with van der Waals surface area (Å²) in [4.78, 5) is 16.2. The summed E-state index contributed by atoms with van der Waals surface area (Å²) >= 11 is 4.82. The highest BCUT2D eigenvalue weighted by Gasteiger charge is 2.12. The van der Waals surface area contributed by atoms with E-state index in [0.717, 1.165) is 6.54 Å². The lowest BCUT2D eigenvalue weighted by atomic mass is 10.1. The molecule has 4 nitrogen and oxygen atoms in total. The number of likely N-dealkylation sites (N-methyl/N-ethyl adjacent to an activating group) is 2. The Bertz CT molecular complexity index is 476. The molecule has 0 unspecified atom stereocenters. The number of thiocarbonyl (C=S) groups is 1. The van der Waals surface area contributed by atoms with Gasteiger partial charge in [0.25, 0.3) is 0 Å². The second kappa shape index (κ2) is 7.97. The highest BCUT2D eigenvalue weighted by molar-refractivity contribution is 7.80. The summed E-state index contributed by atoms with van der Waals surface area (Å²) in [7, 11) is 3.73. The van der Waals surface area contributed by atoms with E-state index in [0.29, 0.717) is 24.5 Å². The predicted molar refractivity (Wildman–Crippen MR) is 86.6 cm³/mol. The van der Waals surface area contributed by atoms with Crippen molar-refractivity contribution in [2.75, 3.05) is 27.2 Å². The van der Waals surface area contributed by atoms with Crippen LogP contribution in [0.1, 0.15) is 17.5 Å². The van der Waals surface area contributed by atoms with Gasteiger partial charge < -0.3 is 10.6 Å². The average molecular weight is 293 g/mol. The van der Waals surface area contributed by atoms with Crippen LogP contribution in [0, 0.1) is 6.92 Å². The molecule has 1 aromatic carbocycles. The first-order valence-corrected chi connectivity index (χ1v) is 7.06. The average Bonchev–Trinajstić information content (AvgIpc) is 2.38. The molecule has 1 amide bonds. The number of hydrogen-bond acceptors (Lipinski definition) is 3. The summed E-state index contributed by atoms with van der Waals surface area (Å²) in [6.07, 6.45) is 0.569. The van der Waals surface area contributed by atoms with Crippen molar-refractivity contribution in [3.8, 4) is 0 Å². The van der Waals surface area contributed by atoms with Gasteiger partial charge in [-0.15, -0.1) is 0 Å². The van der Waals surface area contributed by atoms with Crippen LogP contribution in [-0.4, -0.2) is 47.9 Å². The minimum Gasteiger partial charge on any atom is -0.393 e. The Labute approximate surface area is 126 Å². The van der Waals surface area contributed by atoms with Crippen molar-refractivity contribution in [3.05, 3.63) is 35.4 Å². The number of carbonyl (C=O) groups excluding carboxylic acids is 1. The topological polar surface area (TPSA) is 49.6 Å². The van der Waals surface area contributed by atoms with E-state index in [9.17, 15) is 4.79 Å². The molecule has 110 valence electrons. The molecule has 0 aliphatic carbocycles. The van der Waals surface area contributed by atoms with Gasteiger partial charge in [-0.2, -0.15) is 0 Å². The number of rotatable bonds is 7. The molecule has 20 heavy (non-hydrogen) atoms. The Kier molecular flexibility index (Phi) is 6.61. The van der Waals surface area contributed by atoms with Crippen molar-refractivity contribution in [3.63, 3.8) is 0 Å². The third kappa shape index (κ3) is 5.67. The summed E-state index contributed by atoms with van der Waals surface area (Å²) < 4.78 is 0. The molecule has 0 aromatic heterocycles. The van der Waals surface area contributed by atoms with Gasteiger partial charge in [0.1, 0.15) is 0 Å². The van der Waals surface area contributed by atoms with Gasteiger partial charge in [-0.1, -0.05) is 36.5 Å². The van der Waals surface area contributed by atoms with Gasteiger partial charge in [0.2, 0.25) is 5.91 Å². The van der Waals surface area contributed by atoms with Crippen molar-refractivity contribution < 1.29 is 4.79 Å². The Hall–Kier alpha value is -1.46. The summed E-state index contributed by atoms with van der Waals surface area (Å²) in [6, 6.07) is 8.21. The minimum absolute atomic E-state index is 0.0809. The van der Waals surface area contributed by atoms with Gasteiger partial charge >= 0.3 is 0 Å². The van der Waals surface area contributed by atoms with Crippen molar-refractivity contribution >= 4 is 23.1 Å². The Morgan fingerprint density at radius 2 is 1.95 bits per heavy atom. The fourth-order valence-corrected chi connectivity index (χ4v) is 1.98. The van der Waals surface area contributed by atoms with E-state index in [4.69, 9.17) is 18.0 Å². The lowest BCUT2D eigenvalue weighted by Gasteiger charge is -2.22. The number of amides is 1. The molecule has 0 atom stereocenters. The molecule has 0 bridgehead atoms. The Morgan fingerprint density at radius 3 is 2.55 bits per heavy atom. The van der Waals surface area contributed by atoms with Crippen LogP contribution >= 0.6 is 12.2 Å². The number of nitrogens with two attached hydrogens (primary N) is 1. The number of benzene rings is 1. The molecule has 0 saturated heterocycles. The number of nitrogens with zero attached hydrogens (tertiary/aromatic N) is 2. The molecule has 0 fully saturated rings. The maximum Gasteiger partial charge on any atom is 0.236 e. The maximum absolute atomic E-state index is 12.0. The molecular formula is C15H23N3OS. The van der Waals surface area contributed by atoms with Gasteiger partial charge in [-0.25, -0.2) is 0 Å². The fraction of sp³-hybridized carbons (Fsp3) is 0.467. The first-order valence-electron chi connectivity index (χ1n) is 6.65. The van der Waals surface area contributed by atoms with E-state index in [1.807, 2.05) is 24.1 Å². The van der Waals surface area contributed by atoms with Crippen LogP contribution in [0.2, 0.25) is 0 Å². The summed E-state index contributed by atoms with van der Waals surface area (Å²) in [5, 5.41) is 0. The quantitative estimate of drug-likeness (QED) is 0.775. The zero-order chi connectivity index (χ0) is 15.1. The van der Waals surface area contributed by atoms with E-state index in [2.05, 4.69) is 19.1 Å². The summed E-state index contributed by atoms with van der Waals surface area (Å²) in [5.41, 5.74) is 7.93. The minimum atomic E-state index is 0.0809. The van der Waals surface area contributed by atoms with Crippen LogP contribution in [0.3, 0.4) is 0 Å². The maximum atomic E-state index is 12.0. The molecular weight excluding hydrogens is 270 g/mol. The highest BCUT2D eigenvalue weighted by Crippen LogP contribution is 2.09. The molecule has 0 spiro atoms. The third-order valence-electron chi connectivity index (χ3n) is 3.23. The fourth-order valence-electron chi connectivity index (χ4n) is 1.89. The summed E-state index contributed by atoms with van der Waals surface area (Å²) in [6.45, 7) is 3.81. The molecule has 0 heterocycles. The van der Waals surface area contributed by atoms with Crippen molar-refractivity contribution in [1.82, 2.24) is 9.80 Å². The Morgan fingerprint density at radius 1 is 1.30 bits per heavy atom. The molecule has 1 rings (SSSR count). The number of hydrogen-bond donors (Lipinski definition) is 1. The molecule has 1 aromatic rings. The number of carbonyl (C=O) groups is 1. The lowest BCUT2D eigenvalue weighted by molar-refractivity contribution is -0.130. The standard InChI is InChI=1S/C15H23N3OS/c1-12-6-4-5-7-13(12)10-17(2)11-15(19)18(3)9-8-14(16)20/h4-7H,8-11H2,1-3H3,(H2,16,20). The van der Waals surface area contributed by atoms with Gasteiger partial charge in [0.15, 0.2) is 0 Å². The van der Waals surface area contributed by atoms with Crippen LogP contribution in [-0.2, 0) is 11.3 Å². The van der Waals surface area contributed by atoms with Crippen LogP contribution in [0.15, 0.2) is 24.3 Å². The Balaban J connectivity index is 2.45. The second-order valence-corrected chi connectivity index (χ2v) is 5.65. The number of aryl methyl sites for hydroxylation is 1. The SMILES string of the molecule is Cc1ccccc1CN(C)CC(=O)N(C)CCC(N)=S. The largest absolute Gasteiger partial charge is 0.393 e. The van der Waals surface area contributed by atoms with E-state index < -0.39 is 0 Å². The molecule has 0 radical (unpaired) electrons. The van der Waals surface area contributed by atoms with Crippen LogP contribution in [0.25, 0.3) is 0 Å². The molecule has 0 aliphatic rings. The zero-order valence-electron chi connectivity index (χ0n) is 12.4. The van der Waals surface area contributed by atoms with Gasteiger partial charge in [0, 0.05) is 26.6 Å². The van der Waals surface area contributed by atoms with E-state index >= 15 is 0 Å². The van der Waals surface area contributed by atoms with Crippen LogP contribution < -0.4 is 5.73 Å². The molecule has 2 N–H and O–H groups in total. The van der Waals surface area contributed by atoms with Crippen LogP contribution in [0.4, 0.5) is 0 Å². The molecule has 0 saturated carbocycles. The van der Waals surface area contributed by atoms with Crippen molar-refractivity contribution in [2.24, 2.45) is 5.73 Å². The first kappa shape index (κ1) is 16.6. The zero-order valence-corrected chi connectivity index (χ0v) is 13.2. The summed E-state index contributed by atoms with van der Waals surface area (Å²) in [5.74, 6) is 0.0809. The lowest BCUT2D eigenvalue weighted by Crippen LogP contribution is -2.37. The van der Waals surface area contributed by atoms with Crippen molar-refractivity contribution in [2.45, 2.75) is 19.9 Å². The van der Waals surface area contributed by atoms with Gasteiger partial charge in [0.05, 0.1) is 11.5 Å². The molecule has 5 heteroatoms. The molecule has 0 aliphatic heterocycles. The smallest absolute Gasteiger partial charge is 0.236 e. The second-order valence-electron chi connectivity index (χ2n) is 5.13. The normalized spacial score (nSPS) is 10.6. The predicted octanol–water partition coefficient (Wildman–Crippen LogP) is 1.56. The monoisotopic (exact) mass is 293 g/mol. The highest BCUT2D eigenvalue weighted by atomic mass is 32.1. The first-order chi connectivity index (χ1) is 9.40. The van der Waals surface area contributed by atoms with E-state index in [-0.39, 0.29) is 5.91 Å². The van der Waals surface area contributed by atoms with E-state index in [1.165, 1.54) is 11.1 Å². The third-order valence-corrected chi connectivity index (χ3v) is 3.43. The van der Waals surface area contributed by atoms with E-state index in [1.54, 1.807) is 11.9 Å². The van der Waals surface area contributed by atoms with Gasteiger partial charge in [-0.05, 0) is 25.1 Å².